The maximum Gasteiger partial charge on any atom is 0.253 e. The van der Waals surface area contributed by atoms with Crippen molar-refractivity contribution in [3.8, 4) is 0 Å². The van der Waals surface area contributed by atoms with Crippen molar-refractivity contribution in [3.63, 3.8) is 0 Å². The van der Waals surface area contributed by atoms with Crippen LogP contribution in [0.5, 0.6) is 0 Å². The minimum Gasteiger partial charge on any atom is -0.272 e. The molecule has 0 atom stereocenters. The largest absolute Gasteiger partial charge is 0.272 e. The van der Waals surface area contributed by atoms with Gasteiger partial charge in [-0.1, -0.05) is 13.8 Å². The topological polar surface area (TPSA) is 37.4 Å². The number of imide groups is 1. The molecule has 1 rings (SSSR count). The number of amides is 2. The Balaban J connectivity index is 2.74. The van der Waals surface area contributed by atoms with Crippen LogP contribution in [0.2, 0.25) is 0 Å². The van der Waals surface area contributed by atoms with Crippen LogP contribution in [0, 0.1) is 0 Å². The van der Waals surface area contributed by atoms with E-state index in [9.17, 15) is 9.59 Å². The molecule has 0 fully saturated rings. The molecule has 0 saturated heterocycles. The molecule has 3 nitrogen and oxygen atoms in total. The molecule has 0 saturated carbocycles. The average Bonchev–Trinajstić information content (AvgIpc) is 2.38. The van der Waals surface area contributed by atoms with Crippen molar-refractivity contribution in [2.24, 2.45) is 0 Å². The molecular formula is C9H13NO2. The fourth-order valence-corrected chi connectivity index (χ4v) is 1.43. The molecule has 0 bridgehead atoms. The van der Waals surface area contributed by atoms with Gasteiger partial charge >= 0.3 is 0 Å². The Kier molecular flexibility index (Phi) is 2.63. The predicted octanol–water partition coefficient (Wildman–Crippen LogP) is 1.10. The molecule has 1 aliphatic rings. The highest BCUT2D eigenvalue weighted by molar-refractivity contribution is 6.13. The standard InChI is InChI=1S/C9H13NO2/c1-3-7(4-2)10-8(11)5-6-9(10)12/h5-7H,3-4H2,1-2H3. The van der Waals surface area contributed by atoms with E-state index >= 15 is 0 Å². The summed E-state index contributed by atoms with van der Waals surface area (Å²) < 4.78 is 0. The summed E-state index contributed by atoms with van der Waals surface area (Å²) in [5.41, 5.74) is 0. The molecule has 3 heteroatoms. The summed E-state index contributed by atoms with van der Waals surface area (Å²) in [5, 5.41) is 0. The van der Waals surface area contributed by atoms with Crippen LogP contribution in [0.15, 0.2) is 12.2 Å². The van der Waals surface area contributed by atoms with Crippen LogP contribution in [0.25, 0.3) is 0 Å². The van der Waals surface area contributed by atoms with E-state index in [-0.39, 0.29) is 17.9 Å². The summed E-state index contributed by atoms with van der Waals surface area (Å²) in [5.74, 6) is -0.345. The normalized spacial score (nSPS) is 16.8. The van der Waals surface area contributed by atoms with Gasteiger partial charge in [0.1, 0.15) is 0 Å². The lowest BCUT2D eigenvalue weighted by molar-refractivity contribution is -0.139. The summed E-state index contributed by atoms with van der Waals surface area (Å²) >= 11 is 0. The van der Waals surface area contributed by atoms with Crippen LogP contribution in [0.1, 0.15) is 26.7 Å². The third-order valence-corrected chi connectivity index (χ3v) is 2.15. The maximum absolute atomic E-state index is 11.2. The average molecular weight is 167 g/mol. The zero-order valence-corrected chi connectivity index (χ0v) is 7.41. The molecule has 0 N–H and O–H groups in total. The van der Waals surface area contributed by atoms with Crippen LogP contribution < -0.4 is 0 Å². The fourth-order valence-electron chi connectivity index (χ4n) is 1.43. The van der Waals surface area contributed by atoms with Gasteiger partial charge in [0, 0.05) is 18.2 Å². The summed E-state index contributed by atoms with van der Waals surface area (Å²) in [6.07, 6.45) is 4.33. The highest BCUT2D eigenvalue weighted by Gasteiger charge is 2.28. The van der Waals surface area contributed by atoms with Gasteiger partial charge in [-0.3, -0.25) is 14.5 Å². The van der Waals surface area contributed by atoms with Crippen molar-refractivity contribution < 1.29 is 9.59 Å². The molecule has 0 unspecified atom stereocenters. The van der Waals surface area contributed by atoms with E-state index in [4.69, 9.17) is 0 Å². The monoisotopic (exact) mass is 167 g/mol. The smallest absolute Gasteiger partial charge is 0.253 e. The van der Waals surface area contributed by atoms with Crippen molar-refractivity contribution in [2.75, 3.05) is 0 Å². The number of rotatable bonds is 3. The van der Waals surface area contributed by atoms with Gasteiger partial charge in [0.05, 0.1) is 0 Å². The molecule has 0 aromatic rings. The summed E-state index contributed by atoms with van der Waals surface area (Å²) in [6.45, 7) is 3.96. The van der Waals surface area contributed by atoms with Crippen molar-refractivity contribution in [1.82, 2.24) is 4.90 Å². The second kappa shape index (κ2) is 3.52. The summed E-state index contributed by atoms with van der Waals surface area (Å²) in [4.78, 5) is 23.7. The Bertz CT molecular complexity index is 211. The van der Waals surface area contributed by atoms with Crippen LogP contribution in [-0.4, -0.2) is 22.8 Å². The van der Waals surface area contributed by atoms with Crippen LogP contribution in [-0.2, 0) is 9.59 Å². The van der Waals surface area contributed by atoms with Crippen LogP contribution >= 0.6 is 0 Å². The van der Waals surface area contributed by atoms with E-state index in [1.165, 1.54) is 17.1 Å². The minimum atomic E-state index is -0.172. The van der Waals surface area contributed by atoms with Crippen LogP contribution in [0.4, 0.5) is 0 Å². The van der Waals surface area contributed by atoms with Gasteiger partial charge in [-0.15, -0.1) is 0 Å². The molecule has 0 aromatic heterocycles. The Morgan fingerprint density at radius 2 is 1.58 bits per heavy atom. The molecule has 2 amide bonds. The first-order valence-corrected chi connectivity index (χ1v) is 4.26. The van der Waals surface area contributed by atoms with Gasteiger partial charge in [0.15, 0.2) is 0 Å². The van der Waals surface area contributed by atoms with Crippen molar-refractivity contribution >= 4 is 11.8 Å². The summed E-state index contributed by atoms with van der Waals surface area (Å²) in [6, 6.07) is 0.0694. The lowest BCUT2D eigenvalue weighted by Crippen LogP contribution is -2.39. The minimum absolute atomic E-state index is 0.0694. The quantitative estimate of drug-likeness (QED) is 0.590. The Morgan fingerprint density at radius 3 is 1.92 bits per heavy atom. The Hall–Kier alpha value is -1.12. The van der Waals surface area contributed by atoms with E-state index in [0.717, 1.165) is 12.8 Å². The van der Waals surface area contributed by atoms with Crippen molar-refractivity contribution in [3.05, 3.63) is 12.2 Å². The second-order valence-electron chi connectivity index (χ2n) is 2.85. The number of carbonyl (C=O) groups is 2. The van der Waals surface area contributed by atoms with Crippen molar-refractivity contribution in [1.29, 1.82) is 0 Å². The van der Waals surface area contributed by atoms with Gasteiger partial charge in [0.2, 0.25) is 0 Å². The van der Waals surface area contributed by atoms with Crippen LogP contribution in [0.3, 0.4) is 0 Å². The third kappa shape index (κ3) is 1.40. The first-order valence-electron chi connectivity index (χ1n) is 4.26. The molecule has 1 heterocycles. The SMILES string of the molecule is CCC(CC)N1C(=O)C=CC1=O. The Morgan fingerprint density at radius 1 is 1.17 bits per heavy atom. The fraction of sp³-hybridized carbons (Fsp3) is 0.556. The first kappa shape index (κ1) is 8.97. The van der Waals surface area contributed by atoms with Gasteiger partial charge < -0.3 is 0 Å². The third-order valence-electron chi connectivity index (χ3n) is 2.15. The Labute approximate surface area is 72.0 Å². The van der Waals surface area contributed by atoms with E-state index in [0.29, 0.717) is 0 Å². The molecular weight excluding hydrogens is 154 g/mol. The lowest BCUT2D eigenvalue weighted by Gasteiger charge is -2.23. The second-order valence-corrected chi connectivity index (χ2v) is 2.85. The first-order chi connectivity index (χ1) is 5.70. The number of hydrogen-bond donors (Lipinski definition) is 0. The van der Waals surface area contributed by atoms with Gasteiger partial charge in [-0.25, -0.2) is 0 Å². The van der Waals surface area contributed by atoms with E-state index in [1.807, 2.05) is 13.8 Å². The zero-order chi connectivity index (χ0) is 9.14. The molecule has 0 radical (unpaired) electrons. The molecule has 12 heavy (non-hydrogen) atoms. The number of carbonyl (C=O) groups excluding carboxylic acids is 2. The molecule has 0 aromatic carbocycles. The molecule has 0 aliphatic carbocycles. The van der Waals surface area contributed by atoms with E-state index < -0.39 is 0 Å². The molecule has 1 aliphatic heterocycles. The highest BCUT2D eigenvalue weighted by Crippen LogP contribution is 2.14. The van der Waals surface area contributed by atoms with E-state index in [1.54, 1.807) is 0 Å². The number of nitrogens with zero attached hydrogens (tertiary/aromatic N) is 1. The highest BCUT2D eigenvalue weighted by atomic mass is 16.2. The van der Waals surface area contributed by atoms with Gasteiger partial charge in [-0.2, -0.15) is 0 Å². The molecule has 0 spiro atoms. The predicted molar refractivity (Wildman–Crippen MR) is 45.4 cm³/mol. The summed E-state index contributed by atoms with van der Waals surface area (Å²) in [7, 11) is 0. The molecule has 66 valence electrons. The van der Waals surface area contributed by atoms with Gasteiger partial charge in [-0.05, 0) is 12.8 Å². The number of hydrogen-bond acceptors (Lipinski definition) is 2. The van der Waals surface area contributed by atoms with E-state index in [2.05, 4.69) is 0 Å². The van der Waals surface area contributed by atoms with Crippen molar-refractivity contribution in [2.45, 2.75) is 32.7 Å². The lowest BCUT2D eigenvalue weighted by atomic mass is 10.1. The maximum atomic E-state index is 11.2. The zero-order valence-electron chi connectivity index (χ0n) is 7.41. The van der Waals surface area contributed by atoms with Gasteiger partial charge in [0.25, 0.3) is 11.8 Å².